The van der Waals surface area contributed by atoms with Crippen molar-refractivity contribution in [2.24, 2.45) is 23.7 Å². The summed E-state index contributed by atoms with van der Waals surface area (Å²) in [6.45, 7) is 21.7. The van der Waals surface area contributed by atoms with Crippen LogP contribution in [0.4, 0.5) is 10.1 Å². The van der Waals surface area contributed by atoms with Crippen molar-refractivity contribution in [2.45, 2.75) is 197 Å². The third-order valence-electron chi connectivity index (χ3n) is 17.5. The minimum Gasteiger partial charge on any atom is -0.459 e. The normalized spacial score (nSPS) is 40.1. The number of cyclic esters (lactones) is 1. The Bertz CT molecular complexity index is 2080. The highest BCUT2D eigenvalue weighted by atomic mass is 19.1. The lowest BCUT2D eigenvalue weighted by atomic mass is 9.68. The van der Waals surface area contributed by atoms with E-state index in [2.05, 4.69) is 20.5 Å². The monoisotopic (exact) mass is 1060 g/mol. The van der Waals surface area contributed by atoms with Crippen LogP contribution in [0.1, 0.15) is 118 Å². The van der Waals surface area contributed by atoms with Gasteiger partial charge in [0, 0.05) is 96.2 Å². The molecule has 4 aliphatic rings. The maximum Gasteiger partial charge on any atom is 0.309 e. The van der Waals surface area contributed by atoms with Gasteiger partial charge in [-0.1, -0.05) is 45.0 Å². The molecule has 0 spiro atoms. The summed E-state index contributed by atoms with van der Waals surface area (Å²) in [6.07, 6.45) is -6.09. The second-order valence-electron chi connectivity index (χ2n) is 23.4. The lowest BCUT2D eigenvalue weighted by molar-refractivity contribution is -0.302. The molecular formula is C55H94FN7O12. The van der Waals surface area contributed by atoms with E-state index in [1.165, 1.54) is 18.7 Å². The highest BCUT2D eigenvalue weighted by Crippen LogP contribution is 2.45. The molecule has 1 aromatic carbocycles. The first-order valence-corrected chi connectivity index (χ1v) is 27.5. The van der Waals surface area contributed by atoms with E-state index in [0.29, 0.717) is 31.6 Å². The number of aromatic nitrogens is 3. The first kappa shape index (κ1) is 61.3. The Morgan fingerprint density at radius 2 is 1.64 bits per heavy atom. The molecule has 0 bridgehead atoms. The molecule has 4 saturated heterocycles. The van der Waals surface area contributed by atoms with Crippen LogP contribution in [0.15, 0.2) is 30.5 Å². The second kappa shape index (κ2) is 25.9. The standard InChI is InChI=1S/C55H94FN7O12/c1-15-44-55(10,69)48(65)36(6)61(12)30-32(2)27-53(8,68)50(34(4)45(35(5)51(67)74-44)43-28-54(9,71-14)49(66)37(7)73-43)75-52-46(64)41(26-33(3)72-52)60(11)23-20-39-31-63(59-58-39)42(29-56)47(70-13)38-16-18-40(19-17-38)62-24-21-57-22-25-62/h16-19,31-37,41-50,52,57,64-66,68-69H,15,20-30H2,1-14H3/t32-,33-,34+,35-,36-,37+,41+,42-,43?,44-,45+,46-,47-,48-,49+,50-,52+,53-,54-,55-/m1/s1. The van der Waals surface area contributed by atoms with Crippen LogP contribution in [0.5, 0.6) is 0 Å². The van der Waals surface area contributed by atoms with E-state index < -0.39 is 120 Å². The Morgan fingerprint density at radius 1 is 0.973 bits per heavy atom. The van der Waals surface area contributed by atoms with Crippen LogP contribution < -0.4 is 10.2 Å². The van der Waals surface area contributed by atoms with E-state index >= 15 is 0 Å². The number of hydrogen-bond donors (Lipinski definition) is 6. The van der Waals surface area contributed by atoms with Crippen molar-refractivity contribution in [1.29, 1.82) is 0 Å². The SMILES string of the molecule is CC[C@H]1OC(=O)[C@H](C)[C@@H](C2C[C@@](C)(OC)[C@@H](O)[C@H](C)O2)[C@H](C)[C@@H](O[C@@H]2O[C@H](C)C[C@H](N(C)CCc3cn([C@H](CF)[C@H](OC)c4ccc(N5CCNCC5)cc4)nn3)[C@H]2O)[C@](C)(O)C[C@@H](C)CN(C)[C@H](C)[C@@H](O)[C@]1(C)O. The average Bonchev–Trinajstić information content (AvgIpc) is 3.85. The van der Waals surface area contributed by atoms with Gasteiger partial charge in [-0.25, -0.2) is 9.07 Å². The van der Waals surface area contributed by atoms with Gasteiger partial charge in [-0.05, 0) is 104 Å². The molecule has 6 N–H and O–H groups in total. The Morgan fingerprint density at radius 3 is 2.25 bits per heavy atom. The summed E-state index contributed by atoms with van der Waals surface area (Å²) in [5.74, 6) is -3.23. The molecule has 19 nitrogen and oxygen atoms in total. The topological polar surface area (TPSA) is 226 Å². The number of aliphatic hydroxyl groups excluding tert-OH is 3. The van der Waals surface area contributed by atoms with Gasteiger partial charge < -0.3 is 74.0 Å². The highest BCUT2D eigenvalue weighted by Gasteiger charge is 2.55. The molecule has 20 atom stereocenters. The molecule has 6 rings (SSSR count). The Kier molecular flexibility index (Phi) is 21.1. The molecular weight excluding hydrogens is 970 g/mol. The van der Waals surface area contributed by atoms with Gasteiger partial charge in [0.05, 0.1) is 47.2 Å². The number of piperazine rings is 1. The number of likely N-dealkylation sites (N-methyl/N-ethyl adjacent to an activating group) is 2. The fourth-order valence-electron chi connectivity index (χ4n) is 12.9. The van der Waals surface area contributed by atoms with Gasteiger partial charge >= 0.3 is 5.97 Å². The molecule has 0 radical (unpaired) electrons. The van der Waals surface area contributed by atoms with E-state index in [1.54, 1.807) is 54.8 Å². The van der Waals surface area contributed by atoms with Crippen LogP contribution in [0.3, 0.4) is 0 Å². The van der Waals surface area contributed by atoms with Crippen molar-refractivity contribution in [2.75, 3.05) is 79.2 Å². The van der Waals surface area contributed by atoms with E-state index in [9.17, 15) is 34.7 Å². The number of halogens is 1. The van der Waals surface area contributed by atoms with Crippen molar-refractivity contribution in [3.63, 3.8) is 0 Å². The predicted molar refractivity (Wildman–Crippen MR) is 282 cm³/mol. The number of ether oxygens (including phenoxy) is 6. The van der Waals surface area contributed by atoms with Crippen molar-refractivity contribution < 1.29 is 63.1 Å². The van der Waals surface area contributed by atoms with Crippen LogP contribution >= 0.6 is 0 Å². The number of carbonyl (C=O) groups is 1. The van der Waals surface area contributed by atoms with Crippen LogP contribution in [0.25, 0.3) is 0 Å². The summed E-state index contributed by atoms with van der Waals surface area (Å²) >= 11 is 0. The number of methoxy groups -OCH3 is 2. The third-order valence-corrected chi connectivity index (χ3v) is 17.5. The lowest BCUT2D eigenvalue weighted by Crippen LogP contribution is -2.62. The van der Waals surface area contributed by atoms with Gasteiger partial charge in [0.25, 0.3) is 0 Å². The first-order chi connectivity index (χ1) is 35.3. The molecule has 1 unspecified atom stereocenters. The summed E-state index contributed by atoms with van der Waals surface area (Å²) in [4.78, 5) is 20.9. The molecule has 0 amide bonds. The van der Waals surface area contributed by atoms with E-state index in [1.807, 2.05) is 68.9 Å². The number of nitrogens with one attached hydrogen (secondary N) is 1. The zero-order valence-electron chi connectivity index (χ0n) is 47.3. The largest absolute Gasteiger partial charge is 0.459 e. The van der Waals surface area contributed by atoms with E-state index in [4.69, 9.17) is 28.4 Å². The molecule has 5 heterocycles. The van der Waals surface area contributed by atoms with Gasteiger partial charge in [-0.2, -0.15) is 0 Å². The third kappa shape index (κ3) is 13.9. The van der Waals surface area contributed by atoms with Crippen molar-refractivity contribution in [3.8, 4) is 0 Å². The quantitative estimate of drug-likeness (QED) is 0.140. The predicted octanol–water partition coefficient (Wildman–Crippen LogP) is 3.69. The molecule has 4 aliphatic heterocycles. The molecule has 0 aliphatic carbocycles. The van der Waals surface area contributed by atoms with Gasteiger partial charge in [0.2, 0.25) is 0 Å². The molecule has 75 heavy (non-hydrogen) atoms. The molecule has 20 heteroatoms. The van der Waals surface area contributed by atoms with Crippen LogP contribution in [-0.2, 0) is 39.6 Å². The molecule has 0 saturated carbocycles. The first-order valence-electron chi connectivity index (χ1n) is 27.5. The molecule has 2 aromatic rings. The number of esters is 1. The summed E-state index contributed by atoms with van der Waals surface area (Å²) in [7, 11) is 6.85. The van der Waals surface area contributed by atoms with Gasteiger partial charge in [-0.15, -0.1) is 5.10 Å². The zero-order chi connectivity index (χ0) is 55.3. The Balaban J connectivity index is 1.26. The maximum absolute atomic E-state index is 14.9. The number of aliphatic hydroxyl groups is 5. The zero-order valence-corrected chi connectivity index (χ0v) is 47.3. The number of benzene rings is 1. The summed E-state index contributed by atoms with van der Waals surface area (Å²) in [5.41, 5.74) is -1.93. The summed E-state index contributed by atoms with van der Waals surface area (Å²) in [6, 6.07) is 6.27. The number of hydrogen-bond acceptors (Lipinski definition) is 18. The second-order valence-corrected chi connectivity index (χ2v) is 23.4. The number of anilines is 1. The lowest BCUT2D eigenvalue weighted by Gasteiger charge is -2.51. The Labute approximate surface area is 445 Å². The fraction of sp³-hybridized carbons (Fsp3) is 0.836. The summed E-state index contributed by atoms with van der Waals surface area (Å²) < 4.78 is 54.6. The van der Waals surface area contributed by atoms with Crippen molar-refractivity contribution >= 4 is 11.7 Å². The van der Waals surface area contributed by atoms with Gasteiger partial charge in [-0.3, -0.25) is 4.79 Å². The fourth-order valence-corrected chi connectivity index (χ4v) is 12.9. The minimum absolute atomic E-state index is 0.176. The van der Waals surface area contributed by atoms with Crippen LogP contribution in [0.2, 0.25) is 0 Å². The van der Waals surface area contributed by atoms with E-state index in [-0.39, 0.29) is 31.3 Å². The maximum atomic E-state index is 14.9. The molecule has 4 fully saturated rings. The summed E-state index contributed by atoms with van der Waals surface area (Å²) in [5, 5.41) is 72.5. The van der Waals surface area contributed by atoms with Crippen LogP contribution in [0, 0.1) is 23.7 Å². The number of carbonyl (C=O) groups excluding carboxylic acids is 1. The van der Waals surface area contributed by atoms with E-state index in [0.717, 1.165) is 37.4 Å². The smallest absolute Gasteiger partial charge is 0.309 e. The number of alkyl halides is 1. The van der Waals surface area contributed by atoms with Gasteiger partial charge in [0.15, 0.2) is 6.29 Å². The van der Waals surface area contributed by atoms with Crippen LogP contribution in [-0.4, -0.2) is 215 Å². The van der Waals surface area contributed by atoms with Gasteiger partial charge in [0.1, 0.15) is 48.8 Å². The highest BCUT2D eigenvalue weighted by molar-refractivity contribution is 5.73. The number of nitrogens with zero attached hydrogens (tertiary/aromatic N) is 6. The van der Waals surface area contributed by atoms with Crippen molar-refractivity contribution in [1.82, 2.24) is 30.1 Å². The molecule has 428 valence electrons. The van der Waals surface area contributed by atoms with Crippen molar-refractivity contribution in [3.05, 3.63) is 41.7 Å². The average molecular weight is 1060 g/mol. The molecule has 1 aromatic heterocycles. The Hall–Kier alpha value is -2.96. The minimum atomic E-state index is -1.83. The number of rotatable bonds is 15.